The lowest BCUT2D eigenvalue weighted by Gasteiger charge is -2.33. The van der Waals surface area contributed by atoms with Crippen molar-refractivity contribution in [1.29, 1.82) is 0 Å². The summed E-state index contributed by atoms with van der Waals surface area (Å²) < 4.78 is 46.9. The number of fused-ring (bicyclic) bond motifs is 1. The first-order chi connectivity index (χ1) is 16.1. The van der Waals surface area contributed by atoms with Gasteiger partial charge in [-0.15, -0.1) is 0 Å². The van der Waals surface area contributed by atoms with Crippen LogP contribution >= 0.6 is 0 Å². The predicted octanol–water partition coefficient (Wildman–Crippen LogP) is 2.90. The van der Waals surface area contributed by atoms with Crippen LogP contribution in [0.2, 0.25) is 0 Å². The number of imidazole rings is 1. The topological polar surface area (TPSA) is 100 Å². The molecule has 3 aromatic rings. The molecule has 1 aliphatic heterocycles. The fraction of sp³-hybridized carbons (Fsp3) is 0.364. The number of methoxy groups -OCH3 is 1. The largest absolute Gasteiger partial charge is 0.495 e. The van der Waals surface area contributed by atoms with Crippen molar-refractivity contribution in [2.45, 2.75) is 25.9 Å². The van der Waals surface area contributed by atoms with Crippen molar-refractivity contribution >= 4 is 23.3 Å². The fourth-order valence-electron chi connectivity index (χ4n) is 3.86. The molecule has 0 spiro atoms. The summed E-state index contributed by atoms with van der Waals surface area (Å²) in [5.41, 5.74) is -1.80. The van der Waals surface area contributed by atoms with Gasteiger partial charge in [0.2, 0.25) is 11.8 Å². The van der Waals surface area contributed by atoms with E-state index in [1.54, 1.807) is 12.1 Å². The second-order valence-corrected chi connectivity index (χ2v) is 7.82. The molecule has 1 aliphatic rings. The number of aromatic hydroxyl groups is 1. The molecule has 1 saturated heterocycles. The number of carbonyl (C=O) groups excluding carboxylic acids is 2. The molecule has 0 saturated carbocycles. The molecule has 0 atom stereocenters. The third kappa shape index (κ3) is 4.22. The smallest absolute Gasteiger partial charge is 0.419 e. The molecule has 1 fully saturated rings. The van der Waals surface area contributed by atoms with Crippen LogP contribution in [-0.4, -0.2) is 62.9 Å². The summed E-state index contributed by atoms with van der Waals surface area (Å²) in [5, 5.41) is 10.6. The number of halogens is 3. The van der Waals surface area contributed by atoms with Crippen molar-refractivity contribution in [1.82, 2.24) is 19.3 Å². The highest BCUT2D eigenvalue weighted by atomic mass is 19.4. The van der Waals surface area contributed by atoms with E-state index in [4.69, 9.17) is 4.74 Å². The molecule has 0 unspecified atom stereocenters. The summed E-state index contributed by atoms with van der Waals surface area (Å²) in [6, 6.07) is 4.23. The quantitative estimate of drug-likeness (QED) is 0.607. The summed E-state index contributed by atoms with van der Waals surface area (Å²) >= 11 is 0. The van der Waals surface area contributed by atoms with Crippen molar-refractivity contribution < 1.29 is 32.6 Å². The maximum Gasteiger partial charge on any atom is 0.419 e. The fourth-order valence-corrected chi connectivity index (χ4v) is 3.86. The molecule has 9 nitrogen and oxygen atoms in total. The van der Waals surface area contributed by atoms with Gasteiger partial charge in [-0.25, -0.2) is 9.97 Å². The molecular formula is C22H22F3N5O4. The van der Waals surface area contributed by atoms with E-state index in [1.807, 2.05) is 6.92 Å². The van der Waals surface area contributed by atoms with Gasteiger partial charge in [-0.1, -0.05) is 13.3 Å². The Bertz CT molecular complexity index is 1240. The third-order valence-corrected chi connectivity index (χ3v) is 5.54. The highest BCUT2D eigenvalue weighted by Gasteiger charge is 2.37. The molecule has 0 aromatic carbocycles. The molecule has 1 N–H and O–H groups in total. The third-order valence-electron chi connectivity index (χ3n) is 5.54. The van der Waals surface area contributed by atoms with Gasteiger partial charge in [0.25, 0.3) is 5.91 Å². The molecule has 3 aromatic heterocycles. The van der Waals surface area contributed by atoms with Crippen LogP contribution in [0.25, 0.3) is 5.65 Å². The molecule has 0 bridgehead atoms. The Morgan fingerprint density at radius 1 is 1.26 bits per heavy atom. The number of hydrogen-bond donors (Lipinski definition) is 1. The lowest BCUT2D eigenvalue weighted by atomic mass is 10.1. The Balaban J connectivity index is 1.62. The van der Waals surface area contributed by atoms with E-state index in [-0.39, 0.29) is 19.6 Å². The van der Waals surface area contributed by atoms with Gasteiger partial charge in [0.1, 0.15) is 18.1 Å². The maximum absolute atomic E-state index is 13.6. The van der Waals surface area contributed by atoms with Crippen molar-refractivity contribution in [2.24, 2.45) is 0 Å². The van der Waals surface area contributed by atoms with E-state index in [0.717, 1.165) is 15.4 Å². The molecule has 2 amide bonds. The molecule has 4 rings (SSSR count). The van der Waals surface area contributed by atoms with Gasteiger partial charge in [0.05, 0.1) is 18.9 Å². The first-order valence-electron chi connectivity index (χ1n) is 10.5. The number of amides is 2. The lowest BCUT2D eigenvalue weighted by molar-refractivity contribution is -0.136. The first-order valence-corrected chi connectivity index (χ1v) is 10.5. The van der Waals surface area contributed by atoms with E-state index in [1.165, 1.54) is 24.4 Å². The Labute approximate surface area is 192 Å². The van der Waals surface area contributed by atoms with Crippen LogP contribution in [-0.2, 0) is 17.4 Å². The van der Waals surface area contributed by atoms with Crippen LogP contribution in [0.1, 0.15) is 35.0 Å². The summed E-state index contributed by atoms with van der Waals surface area (Å²) in [7, 11) is 1.49. The molecule has 34 heavy (non-hydrogen) atoms. The SMILES string of the molecule is CCCc1cc(C(F)(F)F)c2nc(C(=O)N3CCN(c4ccc(OC)cn4)C(=O)C3)c(O)n2c1. The van der Waals surface area contributed by atoms with E-state index in [0.29, 0.717) is 30.0 Å². The second-order valence-electron chi connectivity index (χ2n) is 7.82. The van der Waals surface area contributed by atoms with E-state index < -0.39 is 40.8 Å². The van der Waals surface area contributed by atoms with Gasteiger partial charge in [-0.2, -0.15) is 13.2 Å². The zero-order chi connectivity index (χ0) is 24.6. The zero-order valence-corrected chi connectivity index (χ0v) is 18.5. The predicted molar refractivity (Wildman–Crippen MR) is 115 cm³/mol. The summed E-state index contributed by atoms with van der Waals surface area (Å²) in [4.78, 5) is 36.2. The number of anilines is 1. The number of aryl methyl sites for hydroxylation is 1. The Morgan fingerprint density at radius 3 is 2.62 bits per heavy atom. The maximum atomic E-state index is 13.6. The number of hydrogen-bond acceptors (Lipinski definition) is 6. The molecule has 0 radical (unpaired) electrons. The normalized spacial score (nSPS) is 14.7. The van der Waals surface area contributed by atoms with Gasteiger partial charge in [0.15, 0.2) is 11.3 Å². The molecule has 0 aliphatic carbocycles. The van der Waals surface area contributed by atoms with Crippen LogP contribution in [0, 0.1) is 0 Å². The molecule has 12 heteroatoms. The highest BCUT2D eigenvalue weighted by molar-refractivity contribution is 6.01. The minimum atomic E-state index is -4.73. The number of piperazine rings is 1. The van der Waals surface area contributed by atoms with Crippen molar-refractivity contribution in [3.63, 3.8) is 0 Å². The van der Waals surface area contributed by atoms with Crippen LogP contribution in [0.4, 0.5) is 19.0 Å². The summed E-state index contributed by atoms with van der Waals surface area (Å²) in [6.45, 7) is 1.68. The van der Waals surface area contributed by atoms with Crippen molar-refractivity contribution in [3.8, 4) is 11.6 Å². The van der Waals surface area contributed by atoms with Crippen LogP contribution in [0.15, 0.2) is 30.6 Å². The number of ether oxygens (including phenoxy) is 1. The van der Waals surface area contributed by atoms with Crippen molar-refractivity contribution in [2.75, 3.05) is 31.6 Å². The average Bonchev–Trinajstić information content (AvgIpc) is 3.14. The summed E-state index contributed by atoms with van der Waals surface area (Å²) in [5.74, 6) is -1.06. The summed E-state index contributed by atoms with van der Waals surface area (Å²) in [6.07, 6.45) is -0.975. The van der Waals surface area contributed by atoms with Crippen LogP contribution in [0.5, 0.6) is 11.6 Å². The van der Waals surface area contributed by atoms with Crippen molar-refractivity contribution in [3.05, 3.63) is 47.4 Å². The number of nitrogens with zero attached hydrogens (tertiary/aromatic N) is 5. The van der Waals surface area contributed by atoms with Crippen LogP contribution in [0.3, 0.4) is 0 Å². The van der Waals surface area contributed by atoms with E-state index in [2.05, 4.69) is 9.97 Å². The lowest BCUT2D eigenvalue weighted by Crippen LogP contribution is -2.52. The minimum Gasteiger partial charge on any atom is -0.495 e. The second kappa shape index (κ2) is 8.84. The molecule has 4 heterocycles. The van der Waals surface area contributed by atoms with Crippen LogP contribution < -0.4 is 9.64 Å². The van der Waals surface area contributed by atoms with Gasteiger partial charge >= 0.3 is 6.18 Å². The van der Waals surface area contributed by atoms with Gasteiger partial charge in [-0.05, 0) is 30.2 Å². The molecule has 180 valence electrons. The average molecular weight is 477 g/mol. The Hall–Kier alpha value is -3.83. The number of pyridine rings is 2. The molecular weight excluding hydrogens is 455 g/mol. The Morgan fingerprint density at radius 2 is 2.03 bits per heavy atom. The standard InChI is InChI=1S/C22H22F3N5O4/c1-3-4-13-9-15(22(23,24)25)19-27-18(21(33)30(19)11-13)20(32)28-7-8-29(17(31)12-28)16-6-5-14(34-2)10-26-16/h5-6,9-11,33H,3-4,7-8,12H2,1-2H3. The number of aromatic nitrogens is 3. The Kier molecular flexibility index (Phi) is 6.07. The van der Waals surface area contributed by atoms with E-state index in [9.17, 15) is 27.9 Å². The van der Waals surface area contributed by atoms with E-state index >= 15 is 0 Å². The zero-order valence-electron chi connectivity index (χ0n) is 18.5. The number of rotatable bonds is 5. The minimum absolute atomic E-state index is 0.0821. The number of alkyl halides is 3. The van der Waals surface area contributed by atoms with Gasteiger partial charge in [-0.3, -0.25) is 18.9 Å². The monoisotopic (exact) mass is 477 g/mol. The number of carbonyl (C=O) groups is 2. The van der Waals surface area contributed by atoms with Gasteiger partial charge in [0, 0.05) is 19.3 Å². The van der Waals surface area contributed by atoms with Gasteiger partial charge < -0.3 is 14.7 Å². The highest BCUT2D eigenvalue weighted by Crippen LogP contribution is 2.35. The first kappa shape index (κ1) is 23.3.